The molecule has 1 aliphatic rings. The van der Waals surface area contributed by atoms with Crippen LogP contribution < -0.4 is 0 Å². The zero-order valence-corrected chi connectivity index (χ0v) is 14.9. The molecule has 2 atom stereocenters. The van der Waals surface area contributed by atoms with E-state index in [1.165, 1.54) is 11.1 Å². The van der Waals surface area contributed by atoms with Crippen LogP contribution in [0, 0.1) is 23.0 Å². The number of aliphatic hydroxyl groups is 1. The fourth-order valence-electron chi connectivity index (χ4n) is 3.89. The van der Waals surface area contributed by atoms with Gasteiger partial charge in [0.1, 0.15) is 6.33 Å². The third kappa shape index (κ3) is 2.88. The summed E-state index contributed by atoms with van der Waals surface area (Å²) < 4.78 is 2.28. The number of nitrogens with one attached hydrogen (secondary N) is 1. The van der Waals surface area contributed by atoms with Crippen LogP contribution in [0.25, 0.3) is 0 Å². The van der Waals surface area contributed by atoms with Crippen LogP contribution >= 0.6 is 12.2 Å². The highest BCUT2D eigenvalue weighted by atomic mass is 32.1. The van der Waals surface area contributed by atoms with Crippen molar-refractivity contribution in [3.05, 3.63) is 46.5 Å². The zero-order chi connectivity index (χ0) is 16.7. The Balaban J connectivity index is 1.91. The third-order valence-electron chi connectivity index (χ3n) is 5.71. The number of aryl methyl sites for hydroxylation is 1. The van der Waals surface area contributed by atoms with Crippen molar-refractivity contribution in [2.45, 2.75) is 52.2 Å². The fourth-order valence-corrected chi connectivity index (χ4v) is 4.06. The van der Waals surface area contributed by atoms with E-state index in [2.05, 4.69) is 55.1 Å². The van der Waals surface area contributed by atoms with Crippen LogP contribution in [0.4, 0.5) is 0 Å². The first-order valence-corrected chi connectivity index (χ1v) is 8.61. The second kappa shape index (κ2) is 5.87. The Kier molecular flexibility index (Phi) is 4.19. The molecule has 0 aliphatic heterocycles. The molecule has 0 bridgehead atoms. The minimum Gasteiger partial charge on any atom is -0.387 e. The van der Waals surface area contributed by atoms with Gasteiger partial charge in [0, 0.05) is 0 Å². The molecular formula is C18H25N3OS. The van der Waals surface area contributed by atoms with E-state index in [4.69, 9.17) is 12.2 Å². The normalized spacial score (nSPS) is 26.5. The molecule has 5 heteroatoms. The molecule has 124 valence electrons. The summed E-state index contributed by atoms with van der Waals surface area (Å²) in [5.74, 6) is 0.212. The van der Waals surface area contributed by atoms with Gasteiger partial charge in [0.2, 0.25) is 4.77 Å². The van der Waals surface area contributed by atoms with Crippen molar-refractivity contribution < 1.29 is 5.11 Å². The van der Waals surface area contributed by atoms with Crippen LogP contribution in [0.2, 0.25) is 0 Å². The lowest BCUT2D eigenvalue weighted by Crippen LogP contribution is -2.49. The molecule has 0 spiro atoms. The molecule has 2 N–H and O–H groups in total. The molecule has 1 saturated carbocycles. The number of benzene rings is 1. The van der Waals surface area contributed by atoms with Gasteiger partial charge in [0.05, 0.1) is 12.1 Å². The minimum atomic E-state index is -0.806. The molecule has 2 unspecified atom stereocenters. The summed E-state index contributed by atoms with van der Waals surface area (Å²) in [7, 11) is 0. The highest BCUT2D eigenvalue weighted by Crippen LogP contribution is 2.51. The number of H-pyrrole nitrogens is 1. The molecule has 1 fully saturated rings. The molecule has 3 rings (SSSR count). The van der Waals surface area contributed by atoms with Crippen molar-refractivity contribution in [3.63, 3.8) is 0 Å². The number of rotatable bonds is 4. The monoisotopic (exact) mass is 331 g/mol. The smallest absolute Gasteiger partial charge is 0.215 e. The van der Waals surface area contributed by atoms with Crippen molar-refractivity contribution in [1.82, 2.24) is 14.8 Å². The maximum absolute atomic E-state index is 11.6. The molecule has 1 aliphatic carbocycles. The maximum Gasteiger partial charge on any atom is 0.215 e. The molecule has 4 nitrogen and oxygen atoms in total. The van der Waals surface area contributed by atoms with Crippen molar-refractivity contribution in [2.75, 3.05) is 0 Å². The van der Waals surface area contributed by atoms with E-state index in [1.54, 1.807) is 11.0 Å². The Labute approximate surface area is 142 Å². The predicted octanol–water partition coefficient (Wildman–Crippen LogP) is 3.66. The van der Waals surface area contributed by atoms with E-state index < -0.39 is 5.60 Å². The van der Waals surface area contributed by atoms with Crippen molar-refractivity contribution in [3.8, 4) is 0 Å². The summed E-state index contributed by atoms with van der Waals surface area (Å²) in [6.45, 7) is 6.92. The van der Waals surface area contributed by atoms with E-state index >= 15 is 0 Å². The van der Waals surface area contributed by atoms with Crippen LogP contribution in [0.1, 0.15) is 37.8 Å². The molecule has 0 radical (unpaired) electrons. The fraction of sp³-hybridized carbons (Fsp3) is 0.556. The minimum absolute atomic E-state index is 0.153. The van der Waals surface area contributed by atoms with Crippen molar-refractivity contribution in [2.24, 2.45) is 11.3 Å². The Morgan fingerprint density at radius 1 is 1.39 bits per heavy atom. The van der Waals surface area contributed by atoms with Crippen molar-refractivity contribution in [1.29, 1.82) is 0 Å². The van der Waals surface area contributed by atoms with Gasteiger partial charge in [-0.2, -0.15) is 0 Å². The van der Waals surface area contributed by atoms with Gasteiger partial charge < -0.3 is 5.11 Å². The van der Waals surface area contributed by atoms with E-state index in [0.29, 0.717) is 11.3 Å². The van der Waals surface area contributed by atoms with E-state index in [9.17, 15) is 5.11 Å². The first-order chi connectivity index (χ1) is 10.8. The Morgan fingerprint density at radius 3 is 2.78 bits per heavy atom. The largest absolute Gasteiger partial charge is 0.387 e. The number of aromatic nitrogens is 3. The quantitative estimate of drug-likeness (QED) is 0.841. The van der Waals surface area contributed by atoms with Crippen LogP contribution in [0.15, 0.2) is 30.6 Å². The van der Waals surface area contributed by atoms with Gasteiger partial charge in [-0.1, -0.05) is 38.1 Å². The molecule has 1 aromatic carbocycles. The summed E-state index contributed by atoms with van der Waals surface area (Å²) in [5.41, 5.74) is 1.65. The molecule has 1 aromatic heterocycles. The van der Waals surface area contributed by atoms with E-state index in [0.717, 1.165) is 19.3 Å². The number of nitrogens with zero attached hydrogens (tertiary/aromatic N) is 2. The predicted molar refractivity (Wildman–Crippen MR) is 93.7 cm³/mol. The average molecular weight is 331 g/mol. The van der Waals surface area contributed by atoms with E-state index in [1.807, 2.05) is 0 Å². The van der Waals surface area contributed by atoms with Crippen LogP contribution in [-0.2, 0) is 13.0 Å². The molecule has 0 amide bonds. The van der Waals surface area contributed by atoms with Gasteiger partial charge in [-0.05, 0) is 60.9 Å². The standard InChI is InChI=1S/C18H25N3OS/c1-13-6-4-5-7-14(13)10-15-8-9-17(2,3)18(15,22)11-21-16(23)19-12-20-21/h4-7,12,15,22H,8-11H2,1-3H3,(H,19,20,23). The molecule has 23 heavy (non-hydrogen) atoms. The van der Waals surface area contributed by atoms with Gasteiger partial charge in [-0.25, -0.2) is 4.98 Å². The summed E-state index contributed by atoms with van der Waals surface area (Å²) in [5, 5.41) is 14.6. The maximum atomic E-state index is 11.6. The van der Waals surface area contributed by atoms with Crippen molar-refractivity contribution >= 4 is 12.2 Å². The first-order valence-electron chi connectivity index (χ1n) is 8.20. The Hall–Kier alpha value is -1.46. The highest BCUT2D eigenvalue weighted by Gasteiger charge is 2.54. The first kappa shape index (κ1) is 16.4. The summed E-state index contributed by atoms with van der Waals surface area (Å²) >= 11 is 5.24. The molecule has 2 aromatic rings. The zero-order valence-electron chi connectivity index (χ0n) is 14.0. The second-order valence-corrected chi connectivity index (χ2v) is 7.80. The molecule has 1 heterocycles. The molecule has 0 saturated heterocycles. The summed E-state index contributed by atoms with van der Waals surface area (Å²) in [4.78, 5) is 4.07. The summed E-state index contributed by atoms with van der Waals surface area (Å²) in [6, 6.07) is 8.45. The van der Waals surface area contributed by atoms with Gasteiger partial charge in [0.25, 0.3) is 0 Å². The third-order valence-corrected chi connectivity index (χ3v) is 6.04. The lowest BCUT2D eigenvalue weighted by molar-refractivity contribution is -0.0909. The highest BCUT2D eigenvalue weighted by molar-refractivity contribution is 7.71. The number of hydrogen-bond acceptors (Lipinski definition) is 3. The topological polar surface area (TPSA) is 53.8 Å². The van der Waals surface area contributed by atoms with Gasteiger partial charge in [0.15, 0.2) is 0 Å². The van der Waals surface area contributed by atoms with Gasteiger partial charge >= 0.3 is 0 Å². The van der Waals surface area contributed by atoms with Crippen LogP contribution in [0.3, 0.4) is 0 Å². The lowest BCUT2D eigenvalue weighted by atomic mass is 9.72. The number of hydrogen-bond donors (Lipinski definition) is 2. The Morgan fingerprint density at radius 2 is 2.13 bits per heavy atom. The Bertz CT molecular complexity index is 748. The van der Waals surface area contributed by atoms with E-state index in [-0.39, 0.29) is 11.3 Å². The van der Waals surface area contributed by atoms with Gasteiger partial charge in [-0.15, -0.1) is 0 Å². The summed E-state index contributed by atoms with van der Waals surface area (Å²) in [6.07, 6.45) is 4.53. The van der Waals surface area contributed by atoms with Crippen LogP contribution in [0.5, 0.6) is 0 Å². The van der Waals surface area contributed by atoms with Crippen LogP contribution in [-0.4, -0.2) is 25.5 Å². The second-order valence-electron chi connectivity index (χ2n) is 7.43. The SMILES string of the molecule is Cc1ccccc1CC1CCC(C)(C)C1(O)Cn1[nH]cnc1=S. The molecular weight excluding hydrogens is 306 g/mol. The number of aromatic amines is 1. The average Bonchev–Trinajstić information content (AvgIpc) is 2.98. The lowest BCUT2D eigenvalue weighted by Gasteiger charge is -2.41. The van der Waals surface area contributed by atoms with Gasteiger partial charge in [-0.3, -0.25) is 9.78 Å².